The van der Waals surface area contributed by atoms with Crippen molar-refractivity contribution in [1.82, 2.24) is 14.5 Å². The van der Waals surface area contributed by atoms with Crippen LogP contribution < -0.4 is 4.89 Å². The van der Waals surface area contributed by atoms with Gasteiger partial charge < -0.3 is 50.7 Å². The zero-order valence-electron chi connectivity index (χ0n) is 46.2. The summed E-state index contributed by atoms with van der Waals surface area (Å²) >= 11 is 0. The number of likely N-dealkylation sites (N-methyl/N-ethyl adjacent to an activating group) is 1. The molecule has 2 saturated heterocycles. The number of amides is 1. The van der Waals surface area contributed by atoms with Crippen LogP contribution in [0, 0.1) is 67.1 Å². The maximum atomic E-state index is 14.2. The number of methoxy groups -OCH3 is 1. The summed E-state index contributed by atoms with van der Waals surface area (Å²) in [4.78, 5) is 50.4. The number of aliphatic imine (C=N–C) groups is 3. The summed E-state index contributed by atoms with van der Waals surface area (Å²) < 4.78 is 37.9. The van der Waals surface area contributed by atoms with E-state index in [0.29, 0.717) is 11.9 Å². The van der Waals surface area contributed by atoms with E-state index in [2.05, 4.69) is 101 Å². The number of phosphoric acid groups is 1. The topological polar surface area (TPSA) is 187 Å². The van der Waals surface area contributed by atoms with Crippen LogP contribution >= 0.6 is 7.82 Å². The maximum absolute atomic E-state index is 14.2. The Morgan fingerprint density at radius 1 is 0.972 bits per heavy atom. The third-order valence-electron chi connectivity index (χ3n) is 18.4. The van der Waals surface area contributed by atoms with Crippen molar-refractivity contribution in [2.24, 2.45) is 60.8 Å². The number of benzene rings is 1. The van der Waals surface area contributed by atoms with Gasteiger partial charge in [0.05, 0.1) is 30.1 Å². The van der Waals surface area contributed by atoms with Crippen LogP contribution in [0.1, 0.15) is 127 Å². The van der Waals surface area contributed by atoms with Crippen molar-refractivity contribution in [3.63, 3.8) is 0 Å². The predicted molar refractivity (Wildman–Crippen MR) is 280 cm³/mol. The van der Waals surface area contributed by atoms with Crippen LogP contribution in [0.4, 0.5) is 0 Å². The van der Waals surface area contributed by atoms with Crippen LogP contribution in [0.3, 0.4) is 0 Å². The molecule has 1 radical (unpaired) electrons. The number of carbonyl (C=O) groups excluding carboxylic acids is 1. The van der Waals surface area contributed by atoms with Gasteiger partial charge in [-0.3, -0.25) is 24.3 Å². The van der Waals surface area contributed by atoms with Crippen molar-refractivity contribution in [2.45, 2.75) is 166 Å². The Morgan fingerprint density at radius 3 is 2.28 bits per heavy atom. The molecule has 0 spiro atoms. The number of aliphatic hydroxyl groups is 1. The number of hydrogen-bond acceptors (Lipinski definition) is 12. The predicted octanol–water partition coefficient (Wildman–Crippen LogP) is 10.1. The van der Waals surface area contributed by atoms with E-state index in [1.807, 2.05) is 26.0 Å². The van der Waals surface area contributed by atoms with E-state index < -0.39 is 49.4 Å². The first-order valence-corrected chi connectivity index (χ1v) is 26.8. The van der Waals surface area contributed by atoms with Gasteiger partial charge >= 0.3 is 16.8 Å². The Kier molecular flexibility index (Phi) is 16.4. The third kappa shape index (κ3) is 9.54. The number of nitrogens with zero attached hydrogens (tertiary/aromatic N) is 7. The first kappa shape index (κ1) is 58.0. The molecule has 2 aromatic rings. The standard InChI is InChI=1S/C54H79N7O8P.CH3.Co/c1-27-21-38-39(22-28(27)2)61(26-55-38)50-45(63)46(40(67-50)25-66-18)69-70(64,65)68-29(3)24-60(17)42(62)19-20-53(15)36(10)49-54(16)33(7)30(4)43(59-54)31(5)47-52(13,14)34(8)37(56-47)23-41-51(11,12)35(9)44(57-41)32(6)48(53)58-49;;/h21-23,26,29-30,33-36,40,45-46,49-50,63H,19-20,24-25H2,1-18H3,(H-,56,57,58,59,64,65);1H3;/q2*-1;+2/p-1. The quantitative estimate of drug-likeness (QED) is 0.159. The van der Waals surface area contributed by atoms with Crippen molar-refractivity contribution in [1.29, 1.82) is 0 Å². The summed E-state index contributed by atoms with van der Waals surface area (Å²) in [6.07, 6.45) is -1.16. The summed E-state index contributed by atoms with van der Waals surface area (Å²) in [5.41, 5.74) is 10.5. The van der Waals surface area contributed by atoms with Gasteiger partial charge in [0.1, 0.15) is 18.3 Å². The van der Waals surface area contributed by atoms with Gasteiger partial charge in [-0.1, -0.05) is 81.7 Å². The average molecular weight is 1060 g/mol. The number of aromatic nitrogens is 2. The number of phosphoric ester groups is 1. The van der Waals surface area contributed by atoms with E-state index >= 15 is 0 Å². The van der Waals surface area contributed by atoms with Crippen LogP contribution in [0.25, 0.3) is 16.4 Å². The van der Waals surface area contributed by atoms with Crippen LogP contribution in [0.15, 0.2) is 67.8 Å². The molecule has 17 heteroatoms. The first-order valence-electron chi connectivity index (χ1n) is 25.3. The molecule has 1 amide bonds. The van der Waals surface area contributed by atoms with E-state index in [1.54, 1.807) is 24.9 Å². The molecule has 8 rings (SSSR count). The molecule has 6 aliphatic heterocycles. The zero-order valence-corrected chi connectivity index (χ0v) is 48.1. The summed E-state index contributed by atoms with van der Waals surface area (Å²) in [5, 5.41) is 17.2. The van der Waals surface area contributed by atoms with Gasteiger partial charge in [0.25, 0.3) is 7.82 Å². The monoisotopic (exact) mass is 1060 g/mol. The summed E-state index contributed by atoms with van der Waals surface area (Å²) in [6.45, 7) is 34.9. The number of carbonyl (C=O) groups is 1. The van der Waals surface area contributed by atoms with Crippen LogP contribution in [-0.4, -0.2) is 106 Å². The van der Waals surface area contributed by atoms with Gasteiger partial charge in [-0.05, 0) is 99.3 Å². The molecule has 0 saturated carbocycles. The molecule has 2 fully saturated rings. The second kappa shape index (κ2) is 20.3. The minimum atomic E-state index is -5.07. The molecule has 14 atom stereocenters. The molecule has 8 bridgehead atoms. The molecule has 1 aromatic carbocycles. The van der Waals surface area contributed by atoms with Gasteiger partial charge in [0.2, 0.25) is 5.91 Å². The smallest absolute Gasteiger partial charge is 0.756 e. The Bertz CT molecular complexity index is 2710. The van der Waals surface area contributed by atoms with E-state index in [1.165, 1.54) is 12.0 Å². The normalized spacial score (nSPS) is 37.5. The number of allylic oxidation sites excluding steroid dienone is 6. The zero-order chi connectivity index (χ0) is 51.5. The molecule has 6 aliphatic rings. The number of rotatable bonds is 12. The fraction of sp³-hybridized carbons (Fsp3) is 0.673. The molecule has 7 heterocycles. The van der Waals surface area contributed by atoms with Crippen LogP contribution in [-0.2, 0) is 44.7 Å². The maximum Gasteiger partial charge on any atom is 2.00 e. The van der Waals surface area contributed by atoms with Gasteiger partial charge in [-0.15, -0.1) is 0 Å². The van der Waals surface area contributed by atoms with Gasteiger partial charge in [0, 0.05) is 89.8 Å². The fourth-order valence-electron chi connectivity index (χ4n) is 12.4. The Balaban J connectivity index is 0.00000423. The molecular weight excluding hydrogens is 977 g/mol. The van der Waals surface area contributed by atoms with Crippen molar-refractivity contribution >= 4 is 41.9 Å². The molecule has 14 unspecified atom stereocenters. The Morgan fingerprint density at radius 2 is 1.62 bits per heavy atom. The van der Waals surface area contributed by atoms with E-state index in [9.17, 15) is 19.4 Å². The van der Waals surface area contributed by atoms with Gasteiger partial charge in [-0.25, -0.2) is 4.98 Å². The van der Waals surface area contributed by atoms with Crippen LogP contribution in [0.2, 0.25) is 0 Å². The Labute approximate surface area is 439 Å². The van der Waals surface area contributed by atoms with Gasteiger partial charge in [-0.2, -0.15) is 5.70 Å². The molecule has 1 N–H and O–H groups in total. The first-order chi connectivity index (χ1) is 32.5. The third-order valence-corrected chi connectivity index (χ3v) is 19.5. The second-order valence-electron chi connectivity index (χ2n) is 23.3. The number of aryl methyl sites for hydroxylation is 2. The second-order valence-corrected chi connectivity index (χ2v) is 24.6. The van der Waals surface area contributed by atoms with Gasteiger partial charge in [0.15, 0.2) is 6.23 Å². The number of ether oxygens (including phenoxy) is 2. The summed E-state index contributed by atoms with van der Waals surface area (Å²) in [7, 11) is -1.95. The van der Waals surface area contributed by atoms with E-state index in [4.69, 9.17) is 38.8 Å². The van der Waals surface area contributed by atoms with Crippen molar-refractivity contribution in [2.75, 3.05) is 27.3 Å². The summed E-state index contributed by atoms with van der Waals surface area (Å²) in [5.74, 6) is 0.504. The number of hydrogen-bond donors (Lipinski definition) is 1. The molecule has 15 nitrogen and oxygen atoms in total. The van der Waals surface area contributed by atoms with E-state index in [-0.39, 0.29) is 96.1 Å². The minimum absolute atomic E-state index is 0. The van der Waals surface area contributed by atoms with Crippen molar-refractivity contribution in [3.8, 4) is 0 Å². The van der Waals surface area contributed by atoms with Crippen molar-refractivity contribution in [3.05, 3.63) is 76.6 Å². The molecule has 1 aromatic heterocycles. The number of aliphatic hydroxyl groups excluding tert-OH is 1. The molecule has 0 aliphatic carbocycles. The molecular formula is C55H81CoN7O8P-. The van der Waals surface area contributed by atoms with E-state index in [0.717, 1.165) is 62.0 Å². The largest absolute Gasteiger partial charge is 2.00 e. The number of imidazole rings is 1. The Hall–Kier alpha value is -3.31. The number of fused-ring (bicyclic) bond motifs is 7. The van der Waals surface area contributed by atoms with Crippen molar-refractivity contribution < 1.29 is 54.7 Å². The minimum Gasteiger partial charge on any atom is -0.756 e. The molecule has 72 heavy (non-hydrogen) atoms. The van der Waals surface area contributed by atoms with Crippen LogP contribution in [0.5, 0.6) is 0 Å². The fourth-order valence-corrected chi connectivity index (χ4v) is 13.5. The summed E-state index contributed by atoms with van der Waals surface area (Å²) in [6, 6.07) is 3.73. The molecule has 399 valence electrons. The average Bonchev–Trinajstić information content (AvgIpc) is 4.06. The SMILES string of the molecule is COCC1OC(n2cnc3cc(C)c(C)cc32)C(O)C1OP(=O)([O-])OC(C)CN(C)C(=O)CCC1(C)C2=NC(C1C)C1(C)[N-]/C(=C(/C)C3=N/C(=C\C4=NC(=C\2C)/C(C)C4(C)C)C(C)C3(C)C)C(C)C1C.[CH3-].[Co+2].